The van der Waals surface area contributed by atoms with Crippen LogP contribution in [0.4, 0.5) is 4.79 Å². The lowest BCUT2D eigenvalue weighted by Gasteiger charge is -2.46. The van der Waals surface area contributed by atoms with E-state index in [0.29, 0.717) is 5.75 Å². The SMILES string of the molecule is O=C(NC12CCC(CC1)CC2)Oc1ccccc1. The van der Waals surface area contributed by atoms with Crippen molar-refractivity contribution in [3.05, 3.63) is 30.3 Å². The Morgan fingerprint density at radius 3 is 2.33 bits per heavy atom. The molecular weight excluding hydrogens is 226 g/mol. The molecule has 0 aromatic heterocycles. The fourth-order valence-corrected chi connectivity index (χ4v) is 3.27. The molecule has 0 spiro atoms. The topological polar surface area (TPSA) is 38.3 Å². The molecule has 0 saturated heterocycles. The van der Waals surface area contributed by atoms with Crippen molar-refractivity contribution in [2.45, 2.75) is 44.1 Å². The van der Waals surface area contributed by atoms with Gasteiger partial charge >= 0.3 is 6.09 Å². The quantitative estimate of drug-likeness (QED) is 0.866. The molecule has 1 aromatic carbocycles. The van der Waals surface area contributed by atoms with Crippen LogP contribution in [0.1, 0.15) is 38.5 Å². The summed E-state index contributed by atoms with van der Waals surface area (Å²) in [5.74, 6) is 1.51. The molecule has 1 N–H and O–H groups in total. The Labute approximate surface area is 108 Å². The third-order valence-corrected chi connectivity index (χ3v) is 4.41. The van der Waals surface area contributed by atoms with Crippen LogP contribution in [0.25, 0.3) is 0 Å². The summed E-state index contributed by atoms with van der Waals surface area (Å²) in [4.78, 5) is 11.9. The van der Waals surface area contributed by atoms with Crippen LogP contribution in [0.5, 0.6) is 5.75 Å². The van der Waals surface area contributed by atoms with Gasteiger partial charge < -0.3 is 10.1 Å². The molecule has 18 heavy (non-hydrogen) atoms. The average Bonchev–Trinajstić information content (AvgIpc) is 2.41. The molecule has 4 rings (SSSR count). The van der Waals surface area contributed by atoms with E-state index in [1.165, 1.54) is 19.3 Å². The van der Waals surface area contributed by atoms with Crippen molar-refractivity contribution in [2.75, 3.05) is 0 Å². The predicted molar refractivity (Wildman–Crippen MR) is 69.5 cm³/mol. The van der Waals surface area contributed by atoms with Crippen molar-refractivity contribution in [2.24, 2.45) is 5.92 Å². The minimum Gasteiger partial charge on any atom is -0.410 e. The average molecular weight is 245 g/mol. The van der Waals surface area contributed by atoms with Crippen LogP contribution in [0.2, 0.25) is 0 Å². The van der Waals surface area contributed by atoms with Crippen molar-refractivity contribution in [3.63, 3.8) is 0 Å². The number of carbonyl (C=O) groups excluding carboxylic acids is 1. The number of fused-ring (bicyclic) bond motifs is 3. The second kappa shape index (κ2) is 4.63. The number of carbonyl (C=O) groups is 1. The molecule has 96 valence electrons. The van der Waals surface area contributed by atoms with E-state index in [9.17, 15) is 4.79 Å². The van der Waals surface area contributed by atoms with Gasteiger partial charge in [-0.2, -0.15) is 0 Å². The lowest BCUT2D eigenvalue weighted by atomic mass is 9.66. The predicted octanol–water partition coefficient (Wildman–Crippen LogP) is 3.50. The van der Waals surface area contributed by atoms with Gasteiger partial charge in [-0.3, -0.25) is 0 Å². The Morgan fingerprint density at radius 2 is 1.72 bits per heavy atom. The van der Waals surface area contributed by atoms with E-state index in [2.05, 4.69) is 5.32 Å². The molecule has 0 aliphatic heterocycles. The van der Waals surface area contributed by atoms with Gasteiger partial charge in [-0.25, -0.2) is 4.79 Å². The third-order valence-electron chi connectivity index (χ3n) is 4.41. The number of rotatable bonds is 2. The zero-order valence-electron chi connectivity index (χ0n) is 10.5. The number of amides is 1. The van der Waals surface area contributed by atoms with E-state index in [1.807, 2.05) is 18.2 Å². The van der Waals surface area contributed by atoms with Crippen molar-refractivity contribution in [3.8, 4) is 5.75 Å². The normalized spacial score (nSPS) is 29.9. The summed E-state index contributed by atoms with van der Waals surface area (Å²) in [5.41, 5.74) is 0.0145. The van der Waals surface area contributed by atoms with Crippen molar-refractivity contribution in [1.82, 2.24) is 5.32 Å². The molecule has 0 atom stereocenters. The largest absolute Gasteiger partial charge is 0.413 e. The van der Waals surface area contributed by atoms with Gasteiger partial charge in [0, 0.05) is 5.54 Å². The first-order valence-electron chi connectivity index (χ1n) is 6.81. The highest BCUT2D eigenvalue weighted by Gasteiger charge is 2.41. The molecule has 1 aromatic rings. The summed E-state index contributed by atoms with van der Waals surface area (Å²) < 4.78 is 5.31. The van der Waals surface area contributed by atoms with Crippen LogP contribution in [0.3, 0.4) is 0 Å². The van der Waals surface area contributed by atoms with E-state index in [1.54, 1.807) is 12.1 Å². The Bertz CT molecular complexity index is 408. The second-order valence-corrected chi connectivity index (χ2v) is 5.59. The number of nitrogens with one attached hydrogen (secondary N) is 1. The molecule has 0 heterocycles. The molecule has 3 fully saturated rings. The van der Waals surface area contributed by atoms with Crippen LogP contribution in [0, 0.1) is 5.92 Å². The highest BCUT2D eigenvalue weighted by molar-refractivity contribution is 5.71. The van der Waals surface area contributed by atoms with Gasteiger partial charge in [-0.1, -0.05) is 18.2 Å². The smallest absolute Gasteiger partial charge is 0.410 e. The summed E-state index contributed by atoms with van der Waals surface area (Å²) in [7, 11) is 0. The standard InChI is InChI=1S/C15H19NO2/c17-14(18-13-4-2-1-3-5-13)16-15-9-6-12(7-10-15)8-11-15/h1-5,12H,6-11H2,(H,16,17). The second-order valence-electron chi connectivity index (χ2n) is 5.59. The Hall–Kier alpha value is -1.51. The van der Waals surface area contributed by atoms with E-state index in [0.717, 1.165) is 25.2 Å². The summed E-state index contributed by atoms with van der Waals surface area (Å²) >= 11 is 0. The first-order chi connectivity index (χ1) is 8.76. The van der Waals surface area contributed by atoms with Crippen LogP contribution in [-0.2, 0) is 0 Å². The maximum Gasteiger partial charge on any atom is 0.413 e. The van der Waals surface area contributed by atoms with Gasteiger partial charge in [-0.05, 0) is 56.6 Å². The van der Waals surface area contributed by atoms with Crippen LogP contribution >= 0.6 is 0 Å². The summed E-state index contributed by atoms with van der Waals surface area (Å²) in [6, 6.07) is 9.25. The molecular formula is C15H19NO2. The lowest BCUT2D eigenvalue weighted by Crippen LogP contribution is -2.54. The van der Waals surface area contributed by atoms with Crippen molar-refractivity contribution >= 4 is 6.09 Å². The van der Waals surface area contributed by atoms with Gasteiger partial charge in [0.05, 0.1) is 0 Å². The zero-order valence-corrected chi connectivity index (χ0v) is 10.5. The first-order valence-corrected chi connectivity index (χ1v) is 6.81. The molecule has 3 heteroatoms. The molecule has 3 nitrogen and oxygen atoms in total. The molecule has 0 unspecified atom stereocenters. The van der Waals surface area contributed by atoms with Crippen molar-refractivity contribution < 1.29 is 9.53 Å². The minimum atomic E-state index is -0.304. The fraction of sp³-hybridized carbons (Fsp3) is 0.533. The van der Waals surface area contributed by atoms with Crippen LogP contribution in [-0.4, -0.2) is 11.6 Å². The van der Waals surface area contributed by atoms with Gasteiger partial charge in [0.15, 0.2) is 0 Å². The molecule has 2 bridgehead atoms. The summed E-state index contributed by atoms with van der Waals surface area (Å²) in [6.45, 7) is 0. The fourth-order valence-electron chi connectivity index (χ4n) is 3.27. The van der Waals surface area contributed by atoms with Crippen molar-refractivity contribution in [1.29, 1.82) is 0 Å². The van der Waals surface area contributed by atoms with Crippen LogP contribution < -0.4 is 10.1 Å². The van der Waals surface area contributed by atoms with Gasteiger partial charge in [-0.15, -0.1) is 0 Å². The number of hydrogen-bond acceptors (Lipinski definition) is 2. The van der Waals surface area contributed by atoms with Gasteiger partial charge in [0.1, 0.15) is 5.75 Å². The van der Waals surface area contributed by atoms with E-state index < -0.39 is 0 Å². The number of benzene rings is 1. The molecule has 1 amide bonds. The van der Waals surface area contributed by atoms with Crippen LogP contribution in [0.15, 0.2) is 30.3 Å². The summed E-state index contributed by atoms with van der Waals surface area (Å²) in [6.07, 6.45) is 6.80. The summed E-state index contributed by atoms with van der Waals surface area (Å²) in [5, 5.41) is 3.11. The highest BCUT2D eigenvalue weighted by atomic mass is 16.6. The lowest BCUT2D eigenvalue weighted by molar-refractivity contribution is 0.101. The number of ether oxygens (including phenoxy) is 1. The Kier molecular flexibility index (Phi) is 2.98. The zero-order chi connectivity index (χ0) is 12.4. The number of para-hydroxylation sites is 1. The number of hydrogen-bond donors (Lipinski definition) is 1. The Morgan fingerprint density at radius 1 is 1.11 bits per heavy atom. The Balaban J connectivity index is 1.61. The first kappa shape index (κ1) is 11.6. The van der Waals surface area contributed by atoms with E-state index in [4.69, 9.17) is 4.74 Å². The van der Waals surface area contributed by atoms with Gasteiger partial charge in [0.2, 0.25) is 0 Å². The minimum absolute atomic E-state index is 0.0145. The van der Waals surface area contributed by atoms with Gasteiger partial charge in [0.25, 0.3) is 0 Å². The maximum absolute atomic E-state index is 11.9. The highest BCUT2D eigenvalue weighted by Crippen LogP contribution is 2.44. The molecule has 3 aliphatic rings. The molecule has 3 saturated carbocycles. The maximum atomic E-state index is 11.9. The molecule has 3 aliphatic carbocycles. The van der Waals surface area contributed by atoms with E-state index >= 15 is 0 Å². The van der Waals surface area contributed by atoms with E-state index in [-0.39, 0.29) is 11.6 Å². The molecule has 0 radical (unpaired) electrons. The third kappa shape index (κ3) is 2.35. The monoisotopic (exact) mass is 245 g/mol.